The molecule has 2 aromatic heterocycles. The lowest BCUT2D eigenvalue weighted by molar-refractivity contribution is -0.141. The molecule has 4 nitrogen and oxygen atoms in total. The van der Waals surface area contributed by atoms with Crippen LogP contribution in [0.2, 0.25) is 0 Å². The van der Waals surface area contributed by atoms with Gasteiger partial charge in [-0.1, -0.05) is 6.07 Å². The van der Waals surface area contributed by atoms with Gasteiger partial charge in [0.25, 0.3) is 0 Å². The topological polar surface area (TPSA) is 44.2 Å². The average molecular weight is 384 g/mol. The highest BCUT2D eigenvalue weighted by atomic mass is 32.2. The smallest absolute Gasteiger partial charge is 0.441 e. The maximum atomic E-state index is 12.6. The van der Waals surface area contributed by atoms with E-state index in [0.29, 0.717) is 6.07 Å². The normalized spacial score (nSPS) is 12.1. The van der Waals surface area contributed by atoms with Crippen molar-refractivity contribution in [2.75, 3.05) is 12.4 Å². The van der Waals surface area contributed by atoms with Crippen LogP contribution in [0.5, 0.6) is 17.5 Å². The number of nitrogens with zero attached hydrogens (tertiary/aromatic N) is 2. The zero-order valence-corrected chi connectivity index (χ0v) is 13.1. The van der Waals surface area contributed by atoms with Crippen LogP contribution in [0.25, 0.3) is 0 Å². The van der Waals surface area contributed by atoms with Crippen molar-refractivity contribution in [2.24, 2.45) is 0 Å². The lowest BCUT2D eigenvalue weighted by Gasteiger charge is -2.10. The van der Waals surface area contributed by atoms with Gasteiger partial charge >= 0.3 is 11.7 Å². The van der Waals surface area contributed by atoms with Crippen LogP contribution >= 0.6 is 11.8 Å². The second-order valence-corrected chi connectivity index (χ2v) is 5.59. The Bertz CT molecular complexity index is 708. The van der Waals surface area contributed by atoms with E-state index in [-0.39, 0.29) is 41.6 Å². The summed E-state index contributed by atoms with van der Waals surface area (Å²) in [5, 5.41) is 0. The molecule has 0 spiro atoms. The summed E-state index contributed by atoms with van der Waals surface area (Å²) in [4.78, 5) is 7.05. The number of ether oxygens (including phenoxy) is 2. The quantitative estimate of drug-likeness (QED) is 0.523. The largest absolute Gasteiger partial charge is 0.477 e. The van der Waals surface area contributed by atoms with Crippen molar-refractivity contribution in [3.8, 4) is 17.5 Å². The SMILES string of the molecule is FC(F)(F)SCCOc1cccc(Oc2ccnc(C(F)(F)F)c2)n1. The minimum atomic E-state index is -4.62. The summed E-state index contributed by atoms with van der Waals surface area (Å²) in [6.07, 6.45) is -3.68. The highest BCUT2D eigenvalue weighted by molar-refractivity contribution is 8.00. The fourth-order valence-electron chi connectivity index (χ4n) is 1.59. The number of hydrogen-bond acceptors (Lipinski definition) is 5. The van der Waals surface area contributed by atoms with Gasteiger partial charge in [-0.3, -0.25) is 4.98 Å². The summed E-state index contributed by atoms with van der Waals surface area (Å²) < 4.78 is 84.0. The first-order chi connectivity index (χ1) is 11.6. The van der Waals surface area contributed by atoms with E-state index in [4.69, 9.17) is 9.47 Å². The van der Waals surface area contributed by atoms with Crippen LogP contribution in [0.4, 0.5) is 26.3 Å². The van der Waals surface area contributed by atoms with E-state index in [1.807, 2.05) is 0 Å². The third kappa shape index (κ3) is 6.69. The Kier molecular flexibility index (Phi) is 5.98. The molecule has 0 saturated heterocycles. The number of alkyl halides is 6. The van der Waals surface area contributed by atoms with Crippen molar-refractivity contribution < 1.29 is 35.8 Å². The van der Waals surface area contributed by atoms with E-state index >= 15 is 0 Å². The molecule has 0 aliphatic carbocycles. The number of aromatic nitrogens is 2. The van der Waals surface area contributed by atoms with Gasteiger partial charge in [0, 0.05) is 30.1 Å². The molecule has 2 rings (SSSR count). The molecule has 0 aliphatic rings. The monoisotopic (exact) mass is 384 g/mol. The molecule has 0 aromatic carbocycles. The van der Waals surface area contributed by atoms with Gasteiger partial charge in [-0.15, -0.1) is 0 Å². The molecule has 0 radical (unpaired) electrons. The Morgan fingerprint density at radius 1 is 1.00 bits per heavy atom. The van der Waals surface area contributed by atoms with Crippen LogP contribution < -0.4 is 9.47 Å². The van der Waals surface area contributed by atoms with Crippen LogP contribution in [-0.2, 0) is 6.18 Å². The molecule has 0 aliphatic heterocycles. The summed E-state index contributed by atoms with van der Waals surface area (Å²) in [5.41, 5.74) is -5.47. The van der Waals surface area contributed by atoms with E-state index in [2.05, 4.69) is 9.97 Å². The predicted octanol–water partition coefficient (Wildman–Crippen LogP) is 4.92. The third-order valence-electron chi connectivity index (χ3n) is 2.54. The fraction of sp³-hybridized carbons (Fsp3) is 0.286. The molecule has 0 fully saturated rings. The molecule has 2 aromatic rings. The second-order valence-electron chi connectivity index (χ2n) is 4.43. The molecule has 136 valence electrons. The Morgan fingerprint density at radius 2 is 1.72 bits per heavy atom. The molecule has 11 heteroatoms. The van der Waals surface area contributed by atoms with Crippen LogP contribution in [0.1, 0.15) is 5.69 Å². The Morgan fingerprint density at radius 3 is 2.40 bits per heavy atom. The lowest BCUT2D eigenvalue weighted by Crippen LogP contribution is -2.08. The molecule has 0 bridgehead atoms. The van der Waals surface area contributed by atoms with E-state index in [1.165, 1.54) is 24.3 Å². The number of rotatable bonds is 6. The summed E-state index contributed by atoms with van der Waals surface area (Å²) in [5.74, 6) is -0.541. The van der Waals surface area contributed by atoms with Crippen molar-refractivity contribution in [2.45, 2.75) is 11.7 Å². The summed E-state index contributed by atoms with van der Waals surface area (Å²) in [6, 6.07) is 6.11. The highest BCUT2D eigenvalue weighted by Gasteiger charge is 2.32. The van der Waals surface area contributed by atoms with Crippen molar-refractivity contribution in [3.63, 3.8) is 0 Å². The van der Waals surface area contributed by atoms with Crippen molar-refractivity contribution in [1.82, 2.24) is 9.97 Å². The van der Waals surface area contributed by atoms with Crippen LogP contribution in [0.3, 0.4) is 0 Å². The predicted molar refractivity (Wildman–Crippen MR) is 77.6 cm³/mol. The summed E-state index contributed by atoms with van der Waals surface area (Å²) in [6.45, 7) is -0.242. The number of pyridine rings is 2. The molecule has 0 atom stereocenters. The maximum absolute atomic E-state index is 12.6. The first-order valence-electron chi connectivity index (χ1n) is 6.65. The maximum Gasteiger partial charge on any atom is 0.441 e. The molecule has 0 saturated carbocycles. The summed E-state index contributed by atoms with van der Waals surface area (Å²) >= 11 is -0.234. The molecule has 0 N–H and O–H groups in total. The van der Waals surface area contributed by atoms with Gasteiger partial charge in [0.1, 0.15) is 11.4 Å². The number of halogens is 6. The van der Waals surface area contributed by atoms with Gasteiger partial charge in [0.2, 0.25) is 11.8 Å². The Hall–Kier alpha value is -2.17. The molecule has 0 unspecified atom stereocenters. The first kappa shape index (κ1) is 19.2. The third-order valence-corrected chi connectivity index (χ3v) is 3.24. The number of hydrogen-bond donors (Lipinski definition) is 0. The van der Waals surface area contributed by atoms with Gasteiger partial charge in [0.05, 0.1) is 6.61 Å². The Labute approximate surface area is 142 Å². The molecular weight excluding hydrogens is 374 g/mol. The van der Waals surface area contributed by atoms with E-state index in [1.54, 1.807) is 0 Å². The first-order valence-corrected chi connectivity index (χ1v) is 7.64. The van der Waals surface area contributed by atoms with E-state index in [0.717, 1.165) is 6.20 Å². The standard InChI is InChI=1S/C14H10F6N2O2S/c15-13(16,17)10-8-9(4-5-21-10)24-12-3-1-2-11(22-12)23-6-7-25-14(18,19)20/h1-5,8H,6-7H2. The van der Waals surface area contributed by atoms with Crippen LogP contribution in [0, 0.1) is 0 Å². The van der Waals surface area contributed by atoms with E-state index in [9.17, 15) is 26.3 Å². The fourth-order valence-corrected chi connectivity index (χ4v) is 1.99. The van der Waals surface area contributed by atoms with Gasteiger partial charge < -0.3 is 9.47 Å². The zero-order valence-electron chi connectivity index (χ0n) is 12.3. The molecule has 2 heterocycles. The molecule has 25 heavy (non-hydrogen) atoms. The summed E-state index contributed by atoms with van der Waals surface area (Å²) in [7, 11) is 0. The van der Waals surface area contributed by atoms with Crippen molar-refractivity contribution in [3.05, 3.63) is 42.2 Å². The highest BCUT2D eigenvalue weighted by Crippen LogP contribution is 2.31. The van der Waals surface area contributed by atoms with Gasteiger partial charge in [-0.2, -0.15) is 31.3 Å². The minimum Gasteiger partial charge on any atom is -0.477 e. The minimum absolute atomic E-state index is 0.00891. The molecular formula is C14H10F6N2O2S. The van der Waals surface area contributed by atoms with Gasteiger partial charge in [-0.25, -0.2) is 0 Å². The van der Waals surface area contributed by atoms with Crippen molar-refractivity contribution in [1.29, 1.82) is 0 Å². The van der Waals surface area contributed by atoms with E-state index < -0.39 is 17.4 Å². The van der Waals surface area contributed by atoms with Crippen LogP contribution in [-0.4, -0.2) is 27.8 Å². The molecule has 0 amide bonds. The second kappa shape index (κ2) is 7.81. The Balaban J connectivity index is 1.97. The zero-order chi connectivity index (χ0) is 18.5. The number of thioether (sulfide) groups is 1. The lowest BCUT2D eigenvalue weighted by atomic mass is 10.3. The van der Waals surface area contributed by atoms with Crippen molar-refractivity contribution >= 4 is 11.8 Å². The average Bonchev–Trinajstić information content (AvgIpc) is 2.51. The van der Waals surface area contributed by atoms with Gasteiger partial charge in [0.15, 0.2) is 0 Å². The van der Waals surface area contributed by atoms with Gasteiger partial charge in [-0.05, 0) is 17.8 Å². The van der Waals surface area contributed by atoms with Crippen LogP contribution in [0.15, 0.2) is 36.5 Å².